The Hall–Kier alpha value is -1.31. The number of hydrogen-bond donors (Lipinski definition) is 3. The summed E-state index contributed by atoms with van der Waals surface area (Å²) in [4.78, 5) is 15.8. The third kappa shape index (κ3) is 7.31. The van der Waals surface area contributed by atoms with E-state index in [0.717, 1.165) is 11.5 Å². The van der Waals surface area contributed by atoms with Crippen LogP contribution in [0.2, 0.25) is 0 Å². The summed E-state index contributed by atoms with van der Waals surface area (Å²) in [6, 6.07) is 7.89. The molecule has 0 spiro atoms. The molecule has 1 rings (SSSR count). The molecule has 0 aliphatic carbocycles. The molecule has 0 saturated carbocycles. The molecule has 0 aliphatic heterocycles. The van der Waals surface area contributed by atoms with E-state index in [0.29, 0.717) is 24.7 Å². The van der Waals surface area contributed by atoms with Gasteiger partial charge in [-0.15, -0.1) is 24.0 Å². The molecule has 118 valence electrons. The molecule has 0 bridgehead atoms. The van der Waals surface area contributed by atoms with Gasteiger partial charge in [0.2, 0.25) is 0 Å². The van der Waals surface area contributed by atoms with Crippen molar-refractivity contribution in [2.75, 3.05) is 13.6 Å². The van der Waals surface area contributed by atoms with Crippen molar-refractivity contribution in [2.45, 2.75) is 33.4 Å². The molecule has 0 atom stereocenters. The van der Waals surface area contributed by atoms with Crippen LogP contribution in [-0.4, -0.2) is 31.5 Å². The van der Waals surface area contributed by atoms with Crippen LogP contribution in [0.25, 0.3) is 0 Å². The Morgan fingerprint density at radius 3 is 2.29 bits per heavy atom. The summed E-state index contributed by atoms with van der Waals surface area (Å²) in [5.74, 6) is 0.733. The lowest BCUT2D eigenvalue weighted by atomic mass is 10.1. The zero-order valence-electron chi connectivity index (χ0n) is 13.1. The van der Waals surface area contributed by atoms with Gasteiger partial charge in [0.05, 0.1) is 0 Å². The predicted molar refractivity (Wildman–Crippen MR) is 98.3 cm³/mol. The third-order valence-electron chi connectivity index (χ3n) is 2.66. The summed E-state index contributed by atoms with van der Waals surface area (Å²) in [6.45, 7) is 7.34. The van der Waals surface area contributed by atoms with Gasteiger partial charge in [-0.2, -0.15) is 0 Å². The van der Waals surface area contributed by atoms with Gasteiger partial charge >= 0.3 is 0 Å². The molecule has 0 saturated heterocycles. The predicted octanol–water partition coefficient (Wildman–Crippen LogP) is 2.13. The molecule has 6 heteroatoms. The molecular weight excluding hydrogens is 379 g/mol. The highest BCUT2D eigenvalue weighted by molar-refractivity contribution is 14.0. The quantitative estimate of drug-likeness (QED) is 0.400. The lowest BCUT2D eigenvalue weighted by molar-refractivity contribution is 0.0956. The number of carbonyl (C=O) groups excluding carboxylic acids is 1. The van der Waals surface area contributed by atoms with Crippen LogP contribution >= 0.6 is 24.0 Å². The van der Waals surface area contributed by atoms with Crippen molar-refractivity contribution in [3.8, 4) is 0 Å². The monoisotopic (exact) mass is 404 g/mol. The summed E-state index contributed by atoms with van der Waals surface area (Å²) in [7, 11) is 1.75. The van der Waals surface area contributed by atoms with Crippen molar-refractivity contribution in [1.82, 2.24) is 16.0 Å². The van der Waals surface area contributed by atoms with Crippen LogP contribution in [0.3, 0.4) is 0 Å². The van der Waals surface area contributed by atoms with Gasteiger partial charge in [-0.3, -0.25) is 9.79 Å². The Morgan fingerprint density at radius 2 is 1.81 bits per heavy atom. The molecule has 0 unspecified atom stereocenters. The normalized spacial score (nSPS) is 10.8. The van der Waals surface area contributed by atoms with E-state index in [-0.39, 0.29) is 29.9 Å². The minimum absolute atomic E-state index is 0. The van der Waals surface area contributed by atoms with Crippen LogP contribution in [0, 0.1) is 0 Å². The number of benzene rings is 1. The molecule has 0 fully saturated rings. The molecule has 0 aliphatic rings. The molecule has 0 radical (unpaired) electrons. The number of amides is 1. The standard InChI is InChI=1S/C15H24N4O.HI/c1-5-17-14(20)13-8-6-12(7-9-13)10-18-15(16-4)19-11(2)3;/h6-9,11H,5,10H2,1-4H3,(H,17,20)(H2,16,18,19);1H. The molecule has 1 aromatic rings. The summed E-state index contributed by atoms with van der Waals surface area (Å²) in [5.41, 5.74) is 1.78. The smallest absolute Gasteiger partial charge is 0.251 e. The van der Waals surface area contributed by atoms with Crippen molar-refractivity contribution in [1.29, 1.82) is 0 Å². The van der Waals surface area contributed by atoms with Crippen LogP contribution in [0.4, 0.5) is 0 Å². The molecule has 1 amide bonds. The second-order valence-corrected chi connectivity index (χ2v) is 4.78. The van der Waals surface area contributed by atoms with Crippen molar-refractivity contribution in [2.24, 2.45) is 4.99 Å². The Kier molecular flexibility index (Phi) is 9.77. The molecule has 1 aromatic carbocycles. The van der Waals surface area contributed by atoms with Crippen LogP contribution in [0.1, 0.15) is 36.7 Å². The number of nitrogens with one attached hydrogen (secondary N) is 3. The van der Waals surface area contributed by atoms with Gasteiger partial charge in [0.15, 0.2) is 5.96 Å². The number of halogens is 1. The lowest BCUT2D eigenvalue weighted by Crippen LogP contribution is -2.40. The number of aliphatic imine (C=N–C) groups is 1. The minimum atomic E-state index is -0.0377. The van der Waals surface area contributed by atoms with Crippen molar-refractivity contribution >= 4 is 35.8 Å². The van der Waals surface area contributed by atoms with E-state index in [1.165, 1.54) is 0 Å². The van der Waals surface area contributed by atoms with Crippen molar-refractivity contribution < 1.29 is 4.79 Å². The van der Waals surface area contributed by atoms with Gasteiger partial charge in [0.1, 0.15) is 0 Å². The van der Waals surface area contributed by atoms with E-state index in [4.69, 9.17) is 0 Å². The first-order valence-corrected chi connectivity index (χ1v) is 6.91. The first kappa shape index (κ1) is 19.7. The Labute approximate surface area is 144 Å². The number of hydrogen-bond acceptors (Lipinski definition) is 2. The van der Waals surface area contributed by atoms with Crippen LogP contribution in [0.15, 0.2) is 29.3 Å². The summed E-state index contributed by atoms with van der Waals surface area (Å²) < 4.78 is 0. The maximum absolute atomic E-state index is 11.6. The fourth-order valence-corrected chi connectivity index (χ4v) is 1.69. The maximum Gasteiger partial charge on any atom is 0.251 e. The van der Waals surface area contributed by atoms with E-state index in [1.54, 1.807) is 7.05 Å². The van der Waals surface area contributed by atoms with E-state index in [2.05, 4.69) is 34.8 Å². The number of nitrogens with zero attached hydrogens (tertiary/aromatic N) is 1. The topological polar surface area (TPSA) is 65.5 Å². The average molecular weight is 404 g/mol. The average Bonchev–Trinajstić information content (AvgIpc) is 2.44. The van der Waals surface area contributed by atoms with Crippen molar-refractivity contribution in [3.63, 3.8) is 0 Å². The Bertz CT molecular complexity index is 457. The highest BCUT2D eigenvalue weighted by Crippen LogP contribution is 2.04. The summed E-state index contributed by atoms with van der Waals surface area (Å²) >= 11 is 0. The number of rotatable bonds is 5. The number of carbonyl (C=O) groups is 1. The van der Waals surface area contributed by atoms with Gasteiger partial charge in [0.25, 0.3) is 5.91 Å². The van der Waals surface area contributed by atoms with E-state index in [1.807, 2.05) is 31.2 Å². The SMILES string of the molecule is CCNC(=O)c1ccc(CNC(=NC)NC(C)C)cc1.I. The Morgan fingerprint density at radius 1 is 1.19 bits per heavy atom. The fourth-order valence-electron chi connectivity index (χ4n) is 1.69. The van der Waals surface area contributed by atoms with Crippen LogP contribution in [0.5, 0.6) is 0 Å². The molecule has 21 heavy (non-hydrogen) atoms. The molecule has 3 N–H and O–H groups in total. The van der Waals surface area contributed by atoms with Crippen molar-refractivity contribution in [3.05, 3.63) is 35.4 Å². The third-order valence-corrected chi connectivity index (χ3v) is 2.66. The lowest BCUT2D eigenvalue weighted by Gasteiger charge is -2.14. The molecule has 5 nitrogen and oxygen atoms in total. The summed E-state index contributed by atoms with van der Waals surface area (Å²) in [5, 5.41) is 9.23. The largest absolute Gasteiger partial charge is 0.354 e. The highest BCUT2D eigenvalue weighted by Gasteiger charge is 2.04. The first-order chi connectivity index (χ1) is 9.56. The minimum Gasteiger partial charge on any atom is -0.354 e. The zero-order chi connectivity index (χ0) is 15.0. The van der Waals surface area contributed by atoms with Gasteiger partial charge in [-0.05, 0) is 38.5 Å². The first-order valence-electron chi connectivity index (χ1n) is 6.91. The van der Waals surface area contributed by atoms with Gasteiger partial charge in [-0.1, -0.05) is 12.1 Å². The zero-order valence-corrected chi connectivity index (χ0v) is 15.4. The van der Waals surface area contributed by atoms with E-state index < -0.39 is 0 Å². The molecular formula is C15H25IN4O. The fraction of sp³-hybridized carbons (Fsp3) is 0.467. The van der Waals surface area contributed by atoms with E-state index in [9.17, 15) is 4.79 Å². The Balaban J connectivity index is 0.00000400. The van der Waals surface area contributed by atoms with Gasteiger partial charge in [0, 0.05) is 31.7 Å². The van der Waals surface area contributed by atoms with Gasteiger partial charge in [-0.25, -0.2) is 0 Å². The number of guanidine groups is 1. The second-order valence-electron chi connectivity index (χ2n) is 4.78. The highest BCUT2D eigenvalue weighted by atomic mass is 127. The van der Waals surface area contributed by atoms with E-state index >= 15 is 0 Å². The van der Waals surface area contributed by atoms with Gasteiger partial charge < -0.3 is 16.0 Å². The second kappa shape index (κ2) is 10.4. The molecule has 0 heterocycles. The maximum atomic E-state index is 11.6. The van der Waals surface area contributed by atoms with Crippen LogP contribution < -0.4 is 16.0 Å². The molecule has 0 aromatic heterocycles. The van der Waals surface area contributed by atoms with Crippen LogP contribution in [-0.2, 0) is 6.54 Å². The summed E-state index contributed by atoms with van der Waals surface area (Å²) in [6.07, 6.45) is 0.